The molecule has 2 N–H and O–H groups in total. The molecule has 1 aromatic rings. The predicted molar refractivity (Wildman–Crippen MR) is 54.8 cm³/mol. The van der Waals surface area contributed by atoms with Gasteiger partial charge in [0.25, 0.3) is 5.69 Å². The molecule has 1 rings (SSSR count). The van der Waals surface area contributed by atoms with Crippen molar-refractivity contribution in [3.63, 3.8) is 0 Å². The molecule has 0 saturated heterocycles. The van der Waals surface area contributed by atoms with Crippen LogP contribution in [0.5, 0.6) is 0 Å². The molecule has 0 saturated carbocycles. The number of carboxylic acids is 1. The van der Waals surface area contributed by atoms with E-state index in [1.54, 1.807) is 18.2 Å². The van der Waals surface area contributed by atoms with Crippen molar-refractivity contribution >= 4 is 18.1 Å². The summed E-state index contributed by atoms with van der Waals surface area (Å²) in [4.78, 5) is 28.5. The highest BCUT2D eigenvalue weighted by Crippen LogP contribution is 2.06. The van der Waals surface area contributed by atoms with Crippen LogP contribution in [0.15, 0.2) is 30.3 Å². The summed E-state index contributed by atoms with van der Waals surface area (Å²) < 4.78 is 0. The van der Waals surface area contributed by atoms with E-state index in [4.69, 9.17) is 5.11 Å². The standard InChI is InChI=1S/C6H5NO2.C3H5NO3/c8-7(9)6-4-2-1-3-5-6;5-2-4-1-3(6)7/h1-5H;2H,1H2,(H,4,5)(H,6,7). The number of benzene rings is 1. The minimum atomic E-state index is -1.04. The molecule has 0 radical (unpaired) electrons. The summed E-state index contributed by atoms with van der Waals surface area (Å²) >= 11 is 0. The number of hydrogen-bond acceptors (Lipinski definition) is 4. The van der Waals surface area contributed by atoms with Gasteiger partial charge >= 0.3 is 5.97 Å². The first-order chi connectivity index (χ1) is 7.57. The number of non-ortho nitro benzene ring substituents is 1. The van der Waals surface area contributed by atoms with Crippen molar-refractivity contribution in [3.8, 4) is 0 Å². The van der Waals surface area contributed by atoms with Crippen LogP contribution in [0.3, 0.4) is 0 Å². The number of hydrogen-bond donors (Lipinski definition) is 2. The van der Waals surface area contributed by atoms with Crippen LogP contribution in [-0.4, -0.2) is 29.0 Å². The van der Waals surface area contributed by atoms with Crippen LogP contribution in [0, 0.1) is 10.1 Å². The lowest BCUT2D eigenvalue weighted by molar-refractivity contribution is -0.384. The smallest absolute Gasteiger partial charge is 0.322 e. The van der Waals surface area contributed by atoms with Gasteiger partial charge in [0.2, 0.25) is 6.41 Å². The molecule has 0 atom stereocenters. The van der Waals surface area contributed by atoms with Gasteiger partial charge in [-0.2, -0.15) is 0 Å². The zero-order valence-electron chi connectivity index (χ0n) is 8.20. The van der Waals surface area contributed by atoms with Crippen LogP contribution in [-0.2, 0) is 9.59 Å². The van der Waals surface area contributed by atoms with Crippen molar-refractivity contribution < 1.29 is 19.6 Å². The van der Waals surface area contributed by atoms with E-state index in [1.807, 2.05) is 5.32 Å². The van der Waals surface area contributed by atoms with Crippen LogP contribution in [0.25, 0.3) is 0 Å². The normalized spacial score (nSPS) is 8.25. The van der Waals surface area contributed by atoms with Crippen LogP contribution >= 0.6 is 0 Å². The Hall–Kier alpha value is -2.44. The van der Waals surface area contributed by atoms with E-state index in [0.29, 0.717) is 6.41 Å². The first-order valence-electron chi connectivity index (χ1n) is 4.16. The Morgan fingerprint density at radius 2 is 2.00 bits per heavy atom. The molecule has 0 aliphatic rings. The van der Waals surface area contributed by atoms with Gasteiger partial charge in [-0.15, -0.1) is 0 Å². The highest BCUT2D eigenvalue weighted by molar-refractivity contribution is 5.71. The topological polar surface area (TPSA) is 110 Å². The van der Waals surface area contributed by atoms with Gasteiger partial charge in [0.05, 0.1) is 4.92 Å². The number of carbonyl (C=O) groups is 2. The van der Waals surface area contributed by atoms with Gasteiger partial charge in [0.15, 0.2) is 0 Å². The van der Waals surface area contributed by atoms with Crippen LogP contribution in [0.2, 0.25) is 0 Å². The second kappa shape index (κ2) is 7.92. The first kappa shape index (κ1) is 13.6. The summed E-state index contributed by atoms with van der Waals surface area (Å²) in [5.41, 5.74) is 0.137. The molecule has 0 unspecified atom stereocenters. The molecule has 1 aromatic carbocycles. The number of nitro benzene ring substituents is 1. The lowest BCUT2D eigenvalue weighted by atomic mass is 10.3. The Morgan fingerprint density at radius 3 is 2.25 bits per heavy atom. The number of carbonyl (C=O) groups excluding carboxylic acids is 1. The molecule has 16 heavy (non-hydrogen) atoms. The van der Waals surface area contributed by atoms with Crippen molar-refractivity contribution in [2.75, 3.05) is 6.54 Å². The Morgan fingerprint density at radius 1 is 1.44 bits per heavy atom. The summed E-state index contributed by atoms with van der Waals surface area (Å²) in [6, 6.07) is 7.93. The van der Waals surface area contributed by atoms with Gasteiger partial charge in [-0.05, 0) is 0 Å². The predicted octanol–water partition coefficient (Wildman–Crippen LogP) is 0.412. The molecule has 86 valence electrons. The molecule has 0 spiro atoms. The molecule has 7 nitrogen and oxygen atoms in total. The Kier molecular flexibility index (Phi) is 6.71. The maximum absolute atomic E-state index is 10.0. The number of para-hydroxylation sites is 1. The minimum Gasteiger partial charge on any atom is -0.480 e. The van der Waals surface area contributed by atoms with Crippen molar-refractivity contribution in [1.82, 2.24) is 5.32 Å². The second-order valence-electron chi connectivity index (χ2n) is 2.49. The van der Waals surface area contributed by atoms with Crippen LogP contribution in [0.1, 0.15) is 0 Å². The summed E-state index contributed by atoms with van der Waals surface area (Å²) in [7, 11) is 0. The number of carboxylic acid groups (broad SMARTS) is 1. The van der Waals surface area contributed by atoms with E-state index in [0.717, 1.165) is 0 Å². The van der Waals surface area contributed by atoms with E-state index >= 15 is 0 Å². The van der Waals surface area contributed by atoms with Gasteiger partial charge in [-0.3, -0.25) is 19.7 Å². The molecule has 0 bridgehead atoms. The largest absolute Gasteiger partial charge is 0.480 e. The van der Waals surface area contributed by atoms with E-state index < -0.39 is 10.9 Å². The van der Waals surface area contributed by atoms with Crippen molar-refractivity contribution in [1.29, 1.82) is 0 Å². The van der Waals surface area contributed by atoms with Gasteiger partial charge in [0.1, 0.15) is 6.54 Å². The highest BCUT2D eigenvalue weighted by Gasteiger charge is 1.98. The molecule has 1 amide bonds. The SMILES string of the molecule is O=CNCC(=O)O.O=[N+]([O-])c1ccccc1. The molecule has 0 heterocycles. The van der Waals surface area contributed by atoms with Gasteiger partial charge in [-0.25, -0.2) is 0 Å². The number of nitrogens with zero attached hydrogens (tertiary/aromatic N) is 1. The van der Waals surface area contributed by atoms with Crippen LogP contribution < -0.4 is 5.32 Å². The van der Waals surface area contributed by atoms with E-state index in [-0.39, 0.29) is 12.2 Å². The lowest BCUT2D eigenvalue weighted by Crippen LogP contribution is -2.20. The van der Waals surface area contributed by atoms with Crippen molar-refractivity contribution in [3.05, 3.63) is 40.4 Å². The zero-order chi connectivity index (χ0) is 12.4. The summed E-state index contributed by atoms with van der Waals surface area (Å²) in [5, 5.41) is 19.8. The van der Waals surface area contributed by atoms with E-state index in [9.17, 15) is 19.7 Å². The monoisotopic (exact) mass is 226 g/mol. The third kappa shape index (κ3) is 7.01. The maximum atomic E-state index is 10.0. The number of rotatable bonds is 4. The number of nitrogens with one attached hydrogen (secondary N) is 1. The van der Waals surface area contributed by atoms with Gasteiger partial charge in [0, 0.05) is 12.1 Å². The first-order valence-corrected chi connectivity index (χ1v) is 4.16. The Labute approximate surface area is 90.9 Å². The molecular formula is C9H10N2O5. The summed E-state index contributed by atoms with van der Waals surface area (Å²) in [5.74, 6) is -1.04. The molecular weight excluding hydrogens is 216 g/mol. The molecule has 0 aromatic heterocycles. The fraction of sp³-hybridized carbons (Fsp3) is 0.111. The van der Waals surface area contributed by atoms with E-state index in [2.05, 4.69) is 0 Å². The fourth-order valence-electron chi connectivity index (χ4n) is 0.679. The van der Waals surface area contributed by atoms with Crippen molar-refractivity contribution in [2.24, 2.45) is 0 Å². The summed E-state index contributed by atoms with van der Waals surface area (Å²) in [6.07, 6.45) is 0.341. The molecule has 0 aliphatic carbocycles. The Balaban J connectivity index is 0.000000293. The molecule has 7 heteroatoms. The quantitative estimate of drug-likeness (QED) is 0.439. The zero-order valence-corrected chi connectivity index (χ0v) is 8.20. The number of amides is 1. The maximum Gasteiger partial charge on any atom is 0.322 e. The highest BCUT2D eigenvalue weighted by atomic mass is 16.6. The van der Waals surface area contributed by atoms with Gasteiger partial charge < -0.3 is 10.4 Å². The molecule has 0 fully saturated rings. The fourth-order valence-corrected chi connectivity index (χ4v) is 0.679. The van der Waals surface area contributed by atoms with Crippen LogP contribution in [0.4, 0.5) is 5.69 Å². The third-order valence-corrected chi connectivity index (χ3v) is 1.30. The van der Waals surface area contributed by atoms with Crippen molar-refractivity contribution in [2.45, 2.75) is 0 Å². The Bertz CT molecular complexity index is 352. The average Bonchev–Trinajstić information content (AvgIpc) is 2.28. The number of nitro groups is 1. The van der Waals surface area contributed by atoms with Gasteiger partial charge in [-0.1, -0.05) is 18.2 Å². The molecule has 0 aliphatic heterocycles. The lowest BCUT2D eigenvalue weighted by Gasteiger charge is -1.85. The minimum absolute atomic E-state index is 0.137. The third-order valence-electron chi connectivity index (χ3n) is 1.30. The average molecular weight is 226 g/mol. The summed E-state index contributed by atoms with van der Waals surface area (Å²) in [6.45, 7) is -0.302. The number of aliphatic carboxylic acids is 1. The second-order valence-corrected chi connectivity index (χ2v) is 2.49. The van der Waals surface area contributed by atoms with E-state index in [1.165, 1.54) is 12.1 Å².